The van der Waals surface area contributed by atoms with Gasteiger partial charge < -0.3 is 10.4 Å². The normalized spacial score (nSPS) is 14.1. The summed E-state index contributed by atoms with van der Waals surface area (Å²) in [5.41, 5.74) is 0.101. The van der Waals surface area contributed by atoms with Crippen molar-refractivity contribution in [3.05, 3.63) is 0 Å². The summed E-state index contributed by atoms with van der Waals surface area (Å²) in [5.74, 6) is 0.230. The maximum atomic E-state index is 11.6. The summed E-state index contributed by atoms with van der Waals surface area (Å²) in [5, 5.41) is 11.9. The molecule has 0 rings (SSSR count). The summed E-state index contributed by atoms with van der Waals surface area (Å²) < 4.78 is 0. The molecule has 3 nitrogen and oxygen atoms in total. The highest BCUT2D eigenvalue weighted by atomic mass is 16.3. The van der Waals surface area contributed by atoms with Crippen molar-refractivity contribution in [3.8, 4) is 0 Å². The maximum absolute atomic E-state index is 11.6. The Hall–Kier alpha value is -0.570. The lowest BCUT2D eigenvalue weighted by molar-refractivity contribution is -0.126. The molecule has 0 aromatic heterocycles. The summed E-state index contributed by atoms with van der Waals surface area (Å²) in [6.07, 6.45) is 0.685. The minimum Gasteiger partial charge on any atom is -0.396 e. The summed E-state index contributed by atoms with van der Waals surface area (Å²) >= 11 is 0. The van der Waals surface area contributed by atoms with Crippen LogP contribution in [0.4, 0.5) is 0 Å². The molecule has 1 atom stereocenters. The predicted molar refractivity (Wildman–Crippen MR) is 62.5 cm³/mol. The lowest BCUT2D eigenvalue weighted by Gasteiger charge is -2.30. The van der Waals surface area contributed by atoms with E-state index in [2.05, 4.69) is 33.0 Å². The fourth-order valence-electron chi connectivity index (χ4n) is 1.06. The Bertz CT molecular complexity index is 196. The van der Waals surface area contributed by atoms with Gasteiger partial charge in [-0.15, -0.1) is 0 Å². The van der Waals surface area contributed by atoms with Crippen LogP contribution in [0.1, 0.15) is 41.0 Å². The Kier molecular flexibility index (Phi) is 5.88. The molecular formula is C12H25NO2. The average molecular weight is 215 g/mol. The summed E-state index contributed by atoms with van der Waals surface area (Å²) in [6, 6.07) is 0. The van der Waals surface area contributed by atoms with E-state index in [1.165, 1.54) is 0 Å². The van der Waals surface area contributed by atoms with Crippen LogP contribution in [0.25, 0.3) is 0 Å². The second-order valence-electron chi connectivity index (χ2n) is 5.15. The zero-order chi connectivity index (χ0) is 12.1. The predicted octanol–water partition coefficient (Wildman–Crippen LogP) is 1.80. The summed E-state index contributed by atoms with van der Waals surface area (Å²) in [6.45, 7) is 11.1. The molecule has 0 aromatic carbocycles. The minimum absolute atomic E-state index is 0.0336. The van der Waals surface area contributed by atoms with Crippen LogP contribution in [0.15, 0.2) is 0 Å². The molecular weight excluding hydrogens is 190 g/mol. The van der Waals surface area contributed by atoms with Gasteiger partial charge in [0.15, 0.2) is 0 Å². The monoisotopic (exact) mass is 215 g/mol. The van der Waals surface area contributed by atoms with Crippen molar-refractivity contribution in [1.82, 2.24) is 5.32 Å². The summed E-state index contributed by atoms with van der Waals surface area (Å²) in [4.78, 5) is 11.6. The fourth-order valence-corrected chi connectivity index (χ4v) is 1.06. The first kappa shape index (κ1) is 14.4. The number of hydrogen-bond acceptors (Lipinski definition) is 2. The van der Waals surface area contributed by atoms with Crippen LogP contribution in [0.3, 0.4) is 0 Å². The van der Waals surface area contributed by atoms with E-state index in [4.69, 9.17) is 5.11 Å². The lowest BCUT2D eigenvalue weighted by Crippen LogP contribution is -2.40. The number of aliphatic hydroxyl groups is 1. The molecule has 15 heavy (non-hydrogen) atoms. The number of aliphatic hydroxyl groups excluding tert-OH is 1. The Balaban J connectivity index is 4.10. The zero-order valence-electron chi connectivity index (χ0n) is 10.6. The van der Waals surface area contributed by atoms with Gasteiger partial charge in [-0.25, -0.2) is 0 Å². The van der Waals surface area contributed by atoms with Crippen LogP contribution < -0.4 is 5.32 Å². The molecule has 0 spiro atoms. The van der Waals surface area contributed by atoms with Gasteiger partial charge in [0.05, 0.1) is 12.5 Å². The highest BCUT2D eigenvalue weighted by Gasteiger charge is 2.24. The Morgan fingerprint density at radius 2 is 1.93 bits per heavy atom. The Morgan fingerprint density at radius 1 is 1.40 bits per heavy atom. The number of carbonyl (C=O) groups is 1. The van der Waals surface area contributed by atoms with Gasteiger partial charge in [0.2, 0.25) is 5.91 Å². The molecule has 0 bridgehead atoms. The molecule has 0 aliphatic carbocycles. The van der Waals surface area contributed by atoms with Gasteiger partial charge in [-0.3, -0.25) is 4.79 Å². The molecule has 0 radical (unpaired) electrons. The minimum atomic E-state index is -0.257. The smallest absolute Gasteiger partial charge is 0.225 e. The van der Waals surface area contributed by atoms with Crippen LogP contribution in [-0.4, -0.2) is 24.2 Å². The van der Waals surface area contributed by atoms with E-state index in [1.54, 1.807) is 0 Å². The van der Waals surface area contributed by atoms with Crippen LogP contribution in [-0.2, 0) is 4.79 Å². The third-order valence-electron chi connectivity index (χ3n) is 3.37. The zero-order valence-corrected chi connectivity index (χ0v) is 10.6. The quantitative estimate of drug-likeness (QED) is 0.710. The second kappa shape index (κ2) is 6.11. The highest BCUT2D eigenvalue weighted by molar-refractivity contribution is 5.78. The van der Waals surface area contributed by atoms with E-state index < -0.39 is 0 Å². The van der Waals surface area contributed by atoms with Crippen LogP contribution >= 0.6 is 0 Å². The van der Waals surface area contributed by atoms with Gasteiger partial charge in [0.25, 0.3) is 0 Å². The molecule has 0 saturated heterocycles. The molecule has 0 aliphatic rings. The SMILES string of the molecule is CCC(CO)C(=O)NCC(C)(C)C(C)C. The lowest BCUT2D eigenvalue weighted by atomic mass is 9.81. The van der Waals surface area contributed by atoms with Gasteiger partial charge in [0, 0.05) is 6.54 Å². The first-order valence-corrected chi connectivity index (χ1v) is 5.73. The number of amides is 1. The van der Waals surface area contributed by atoms with Crippen LogP contribution in [0.5, 0.6) is 0 Å². The number of hydrogen-bond donors (Lipinski definition) is 2. The molecule has 0 fully saturated rings. The molecule has 0 saturated carbocycles. The first-order chi connectivity index (χ1) is 6.85. The van der Waals surface area contributed by atoms with E-state index in [0.29, 0.717) is 18.9 Å². The van der Waals surface area contributed by atoms with E-state index in [1.807, 2.05) is 6.92 Å². The van der Waals surface area contributed by atoms with E-state index >= 15 is 0 Å². The highest BCUT2D eigenvalue weighted by Crippen LogP contribution is 2.24. The van der Waals surface area contributed by atoms with E-state index in [9.17, 15) is 4.79 Å². The molecule has 3 heteroatoms. The fraction of sp³-hybridized carbons (Fsp3) is 0.917. The molecule has 0 heterocycles. The van der Waals surface area contributed by atoms with Crippen molar-refractivity contribution >= 4 is 5.91 Å². The Morgan fingerprint density at radius 3 is 2.27 bits per heavy atom. The van der Waals surface area contributed by atoms with Crippen LogP contribution in [0.2, 0.25) is 0 Å². The molecule has 0 aliphatic heterocycles. The molecule has 0 aromatic rings. The first-order valence-electron chi connectivity index (χ1n) is 5.73. The number of carbonyl (C=O) groups excluding carboxylic acids is 1. The third-order valence-corrected chi connectivity index (χ3v) is 3.37. The maximum Gasteiger partial charge on any atom is 0.225 e. The van der Waals surface area contributed by atoms with Gasteiger partial charge in [-0.05, 0) is 17.8 Å². The standard InChI is InChI=1S/C12H25NO2/c1-6-10(7-14)11(15)13-8-12(4,5)9(2)3/h9-10,14H,6-8H2,1-5H3,(H,13,15). The van der Waals surface area contributed by atoms with Crippen molar-refractivity contribution < 1.29 is 9.90 Å². The van der Waals surface area contributed by atoms with Crippen LogP contribution in [0, 0.1) is 17.3 Å². The van der Waals surface area contributed by atoms with Crippen molar-refractivity contribution in [3.63, 3.8) is 0 Å². The molecule has 90 valence electrons. The van der Waals surface area contributed by atoms with E-state index in [-0.39, 0.29) is 23.8 Å². The van der Waals surface area contributed by atoms with Crippen molar-refractivity contribution in [2.24, 2.45) is 17.3 Å². The van der Waals surface area contributed by atoms with Crippen molar-refractivity contribution in [1.29, 1.82) is 0 Å². The summed E-state index contributed by atoms with van der Waals surface area (Å²) in [7, 11) is 0. The van der Waals surface area contributed by atoms with Gasteiger partial charge in [0.1, 0.15) is 0 Å². The number of rotatable bonds is 6. The third kappa shape index (κ3) is 4.65. The largest absolute Gasteiger partial charge is 0.396 e. The Labute approximate surface area is 93.3 Å². The van der Waals surface area contributed by atoms with Crippen molar-refractivity contribution in [2.45, 2.75) is 41.0 Å². The molecule has 2 N–H and O–H groups in total. The van der Waals surface area contributed by atoms with Gasteiger partial charge in [-0.1, -0.05) is 34.6 Å². The van der Waals surface area contributed by atoms with Gasteiger partial charge >= 0.3 is 0 Å². The molecule has 1 unspecified atom stereocenters. The number of nitrogens with one attached hydrogen (secondary N) is 1. The second-order valence-corrected chi connectivity index (χ2v) is 5.15. The molecule has 1 amide bonds. The van der Waals surface area contributed by atoms with Crippen molar-refractivity contribution in [2.75, 3.05) is 13.2 Å². The van der Waals surface area contributed by atoms with Gasteiger partial charge in [-0.2, -0.15) is 0 Å². The topological polar surface area (TPSA) is 49.3 Å². The average Bonchev–Trinajstić information content (AvgIpc) is 2.16. The van der Waals surface area contributed by atoms with E-state index in [0.717, 1.165) is 0 Å².